The van der Waals surface area contributed by atoms with Gasteiger partial charge < -0.3 is 15.8 Å². The molecule has 3 N–H and O–H groups in total. The van der Waals surface area contributed by atoms with Crippen LogP contribution >= 0.6 is 12.4 Å². The first-order chi connectivity index (χ1) is 9.69. The van der Waals surface area contributed by atoms with Gasteiger partial charge in [0.25, 0.3) is 5.91 Å². The van der Waals surface area contributed by atoms with Crippen molar-refractivity contribution >= 4 is 29.1 Å². The maximum absolute atomic E-state index is 11.6. The van der Waals surface area contributed by atoms with E-state index in [1.54, 1.807) is 0 Å². The van der Waals surface area contributed by atoms with Crippen LogP contribution in [0.25, 0.3) is 10.8 Å². The van der Waals surface area contributed by atoms with Gasteiger partial charge in [-0.1, -0.05) is 37.3 Å². The second kappa shape index (κ2) is 8.49. The molecule has 0 aliphatic rings. The SMILES string of the molecule is CC(CN)CNC(=O)COc1ccc2ccccc2c1.Cl. The second-order valence-corrected chi connectivity index (χ2v) is 4.94. The van der Waals surface area contributed by atoms with E-state index in [0.717, 1.165) is 10.8 Å². The summed E-state index contributed by atoms with van der Waals surface area (Å²) < 4.78 is 5.50. The zero-order chi connectivity index (χ0) is 14.4. The second-order valence-electron chi connectivity index (χ2n) is 4.94. The summed E-state index contributed by atoms with van der Waals surface area (Å²) in [6, 6.07) is 13.8. The molecule has 21 heavy (non-hydrogen) atoms. The van der Waals surface area contributed by atoms with Crippen LogP contribution in [0.5, 0.6) is 5.75 Å². The first-order valence-corrected chi connectivity index (χ1v) is 6.77. The fourth-order valence-corrected chi connectivity index (χ4v) is 1.83. The van der Waals surface area contributed by atoms with Crippen molar-refractivity contribution in [2.24, 2.45) is 11.7 Å². The Morgan fingerprint density at radius 3 is 2.67 bits per heavy atom. The highest BCUT2D eigenvalue weighted by Gasteiger charge is 2.05. The molecule has 0 saturated carbocycles. The van der Waals surface area contributed by atoms with Crippen molar-refractivity contribution in [3.05, 3.63) is 42.5 Å². The molecule has 0 spiro atoms. The lowest BCUT2D eigenvalue weighted by Gasteiger charge is -2.11. The van der Waals surface area contributed by atoms with Gasteiger partial charge in [0.2, 0.25) is 0 Å². The third-order valence-electron chi connectivity index (χ3n) is 3.14. The number of hydrogen-bond acceptors (Lipinski definition) is 3. The van der Waals surface area contributed by atoms with Gasteiger partial charge in [-0.2, -0.15) is 0 Å². The summed E-state index contributed by atoms with van der Waals surface area (Å²) in [6.07, 6.45) is 0. The van der Waals surface area contributed by atoms with Gasteiger partial charge in [0, 0.05) is 6.54 Å². The molecule has 2 aromatic carbocycles. The lowest BCUT2D eigenvalue weighted by molar-refractivity contribution is -0.123. The van der Waals surface area contributed by atoms with E-state index in [9.17, 15) is 4.79 Å². The number of ether oxygens (including phenoxy) is 1. The van der Waals surface area contributed by atoms with Crippen molar-refractivity contribution in [2.45, 2.75) is 6.92 Å². The Bertz CT molecular complexity index is 589. The Hall–Kier alpha value is -1.78. The molecular formula is C16H21ClN2O2. The molecule has 0 bridgehead atoms. The number of nitrogens with two attached hydrogens (primary N) is 1. The minimum Gasteiger partial charge on any atom is -0.484 e. The highest BCUT2D eigenvalue weighted by molar-refractivity contribution is 5.85. The van der Waals surface area contributed by atoms with Crippen LogP contribution in [0.1, 0.15) is 6.92 Å². The number of benzene rings is 2. The number of carbonyl (C=O) groups is 1. The van der Waals surface area contributed by atoms with E-state index in [1.807, 2.05) is 49.4 Å². The van der Waals surface area contributed by atoms with Crippen molar-refractivity contribution in [1.29, 1.82) is 0 Å². The Labute approximate surface area is 131 Å². The van der Waals surface area contributed by atoms with E-state index in [2.05, 4.69) is 5.32 Å². The molecule has 0 aliphatic carbocycles. The van der Waals surface area contributed by atoms with Crippen LogP contribution < -0.4 is 15.8 Å². The van der Waals surface area contributed by atoms with Gasteiger partial charge >= 0.3 is 0 Å². The van der Waals surface area contributed by atoms with Crippen LogP contribution in [-0.4, -0.2) is 25.6 Å². The first-order valence-electron chi connectivity index (χ1n) is 6.77. The van der Waals surface area contributed by atoms with Crippen molar-refractivity contribution in [3.63, 3.8) is 0 Å². The van der Waals surface area contributed by atoms with Gasteiger partial charge in [-0.05, 0) is 35.4 Å². The topological polar surface area (TPSA) is 64.3 Å². The van der Waals surface area contributed by atoms with Gasteiger partial charge in [-0.3, -0.25) is 4.79 Å². The van der Waals surface area contributed by atoms with Crippen LogP contribution in [0.3, 0.4) is 0 Å². The van der Waals surface area contributed by atoms with E-state index in [-0.39, 0.29) is 30.8 Å². The minimum atomic E-state index is -0.126. The van der Waals surface area contributed by atoms with Crippen molar-refractivity contribution < 1.29 is 9.53 Å². The van der Waals surface area contributed by atoms with Gasteiger partial charge in [0.1, 0.15) is 5.75 Å². The highest BCUT2D eigenvalue weighted by Crippen LogP contribution is 2.20. The van der Waals surface area contributed by atoms with Crippen LogP contribution in [0, 0.1) is 5.92 Å². The summed E-state index contributed by atoms with van der Waals surface area (Å²) in [5, 5.41) is 5.05. The number of amides is 1. The third-order valence-corrected chi connectivity index (χ3v) is 3.14. The molecule has 5 heteroatoms. The Kier molecular flexibility index (Phi) is 6.99. The first kappa shape index (κ1) is 17.3. The van der Waals surface area contributed by atoms with E-state index in [4.69, 9.17) is 10.5 Å². The molecule has 2 aromatic rings. The maximum atomic E-state index is 11.6. The molecular weight excluding hydrogens is 288 g/mol. The molecule has 0 aliphatic heterocycles. The molecule has 4 nitrogen and oxygen atoms in total. The quantitative estimate of drug-likeness (QED) is 0.861. The van der Waals surface area contributed by atoms with Crippen molar-refractivity contribution in [2.75, 3.05) is 19.7 Å². The molecule has 1 atom stereocenters. The average molecular weight is 309 g/mol. The number of nitrogens with one attached hydrogen (secondary N) is 1. The number of fused-ring (bicyclic) bond motifs is 1. The van der Waals surface area contributed by atoms with Crippen LogP contribution in [-0.2, 0) is 4.79 Å². The number of hydrogen-bond donors (Lipinski definition) is 2. The Morgan fingerprint density at radius 1 is 1.24 bits per heavy atom. The number of halogens is 1. The predicted molar refractivity (Wildman–Crippen MR) is 87.9 cm³/mol. The summed E-state index contributed by atoms with van der Waals surface area (Å²) in [7, 11) is 0. The molecule has 1 unspecified atom stereocenters. The fraction of sp³-hybridized carbons (Fsp3) is 0.312. The molecule has 2 rings (SSSR count). The van der Waals surface area contributed by atoms with Crippen molar-refractivity contribution in [1.82, 2.24) is 5.32 Å². The summed E-state index contributed by atoms with van der Waals surface area (Å²) in [4.78, 5) is 11.6. The third kappa shape index (κ3) is 5.25. The van der Waals surface area contributed by atoms with Gasteiger partial charge in [-0.25, -0.2) is 0 Å². The summed E-state index contributed by atoms with van der Waals surface area (Å²) >= 11 is 0. The van der Waals surface area contributed by atoms with Crippen LogP contribution in [0.4, 0.5) is 0 Å². The van der Waals surface area contributed by atoms with E-state index < -0.39 is 0 Å². The van der Waals surface area contributed by atoms with Crippen LogP contribution in [0.2, 0.25) is 0 Å². The lowest BCUT2D eigenvalue weighted by Crippen LogP contribution is -2.34. The number of carbonyl (C=O) groups excluding carboxylic acids is 1. The monoisotopic (exact) mass is 308 g/mol. The standard InChI is InChI=1S/C16H20N2O2.ClH/c1-12(9-17)10-18-16(19)11-20-15-7-6-13-4-2-3-5-14(13)8-15;/h2-8,12H,9-11,17H2,1H3,(H,18,19);1H. The average Bonchev–Trinajstić information content (AvgIpc) is 2.50. The highest BCUT2D eigenvalue weighted by atomic mass is 35.5. The molecule has 0 heterocycles. The van der Waals surface area contributed by atoms with Crippen molar-refractivity contribution in [3.8, 4) is 5.75 Å². The van der Waals surface area contributed by atoms with E-state index >= 15 is 0 Å². The zero-order valence-electron chi connectivity index (χ0n) is 12.0. The summed E-state index contributed by atoms with van der Waals surface area (Å²) in [6.45, 7) is 3.16. The minimum absolute atomic E-state index is 0. The van der Waals surface area contributed by atoms with Gasteiger partial charge in [0.05, 0.1) is 0 Å². The predicted octanol–water partition coefficient (Wildman–Crippen LogP) is 2.35. The van der Waals surface area contributed by atoms with E-state index in [0.29, 0.717) is 18.8 Å². The molecule has 0 saturated heterocycles. The molecule has 114 valence electrons. The normalized spacial score (nSPS) is 11.5. The summed E-state index contributed by atoms with van der Waals surface area (Å²) in [5.41, 5.74) is 5.49. The molecule has 0 aromatic heterocycles. The molecule has 0 radical (unpaired) electrons. The Morgan fingerprint density at radius 2 is 1.95 bits per heavy atom. The Balaban J connectivity index is 0.00000220. The number of rotatable bonds is 6. The van der Waals surface area contributed by atoms with Gasteiger partial charge in [0.15, 0.2) is 6.61 Å². The molecule has 0 fully saturated rings. The smallest absolute Gasteiger partial charge is 0.257 e. The molecule has 1 amide bonds. The largest absolute Gasteiger partial charge is 0.484 e. The zero-order valence-corrected chi connectivity index (χ0v) is 12.9. The van der Waals surface area contributed by atoms with Gasteiger partial charge in [-0.15, -0.1) is 12.4 Å². The maximum Gasteiger partial charge on any atom is 0.257 e. The lowest BCUT2D eigenvalue weighted by atomic mass is 10.1. The summed E-state index contributed by atoms with van der Waals surface area (Å²) in [5.74, 6) is 0.851. The van der Waals surface area contributed by atoms with Crippen LogP contribution in [0.15, 0.2) is 42.5 Å². The fourth-order valence-electron chi connectivity index (χ4n) is 1.83. The van der Waals surface area contributed by atoms with E-state index in [1.165, 1.54) is 0 Å².